The fraction of sp³-hybridized carbons (Fsp3) is 0.318. The molecule has 1 aliphatic heterocycles. The molecule has 1 aliphatic rings. The van der Waals surface area contributed by atoms with Crippen LogP contribution < -0.4 is 15.8 Å². The Kier molecular flexibility index (Phi) is 8.38. The quantitative estimate of drug-likeness (QED) is 0.377. The van der Waals surface area contributed by atoms with Gasteiger partial charge in [-0.25, -0.2) is 0 Å². The predicted molar refractivity (Wildman–Crippen MR) is 122 cm³/mol. The molecule has 0 unspecified atom stereocenters. The molecule has 5 nitrogen and oxygen atoms in total. The van der Waals surface area contributed by atoms with Crippen LogP contribution in [0.25, 0.3) is 11.0 Å². The van der Waals surface area contributed by atoms with E-state index in [1.54, 1.807) is 0 Å². The molecule has 0 radical (unpaired) electrons. The molecular weight excluding hydrogens is 409 g/mol. The smallest absolute Gasteiger partial charge is 0.134 e. The number of halogens is 2. The number of nitrogens with two attached hydrogens (primary N) is 1. The van der Waals surface area contributed by atoms with Crippen LogP contribution in [0.4, 0.5) is 0 Å². The number of hydrogen-bond acceptors (Lipinski definition) is 4. The van der Waals surface area contributed by atoms with Gasteiger partial charge in [-0.2, -0.15) is 0 Å². The van der Waals surface area contributed by atoms with Crippen LogP contribution in [0.3, 0.4) is 0 Å². The van der Waals surface area contributed by atoms with Gasteiger partial charge in [0.05, 0.1) is 6.26 Å². The van der Waals surface area contributed by atoms with Crippen LogP contribution in [-0.4, -0.2) is 25.0 Å². The lowest BCUT2D eigenvalue weighted by atomic mass is 10.0. The third kappa shape index (κ3) is 5.66. The van der Waals surface area contributed by atoms with Crippen molar-refractivity contribution in [1.29, 1.82) is 5.41 Å². The Hall–Kier alpha value is -2.21. The van der Waals surface area contributed by atoms with E-state index in [-0.39, 0.29) is 30.6 Å². The molecule has 1 saturated heterocycles. The van der Waals surface area contributed by atoms with Crippen LogP contribution >= 0.6 is 24.8 Å². The molecular formula is C22H27Cl2N3O2. The summed E-state index contributed by atoms with van der Waals surface area (Å²) in [5, 5.41) is 12.0. The Balaban J connectivity index is 0.00000150. The fourth-order valence-electron chi connectivity index (χ4n) is 3.58. The number of nitrogen functional groups attached to an aromatic ring is 1. The molecule has 1 fully saturated rings. The van der Waals surface area contributed by atoms with Gasteiger partial charge in [0.15, 0.2) is 0 Å². The number of amidine groups is 1. The Morgan fingerprint density at radius 1 is 1.14 bits per heavy atom. The maximum Gasteiger partial charge on any atom is 0.134 e. The standard InChI is InChI=1S/C22H25N3O2.2ClH/c23-22(24)16-6-9-21-20(12-16)17(14-26-21)3-1-2-15-4-7-18(8-5-15)27-19-10-11-25-13-19;;/h4-9,12,14,19,25H,1-3,10-11,13H2,(H3,23,24);2*1H/t19-;;/m0../s1. The van der Waals surface area contributed by atoms with E-state index >= 15 is 0 Å². The zero-order valence-corrected chi connectivity index (χ0v) is 17.8. The SMILES string of the molecule is Cl.Cl.N=C(N)c1ccc2occ(CCCc3ccc(O[C@H]4CCNC4)cc3)c2c1. The first-order valence-corrected chi connectivity index (χ1v) is 9.50. The van der Waals surface area contributed by atoms with E-state index in [9.17, 15) is 0 Å². The van der Waals surface area contributed by atoms with Gasteiger partial charge in [-0.1, -0.05) is 12.1 Å². The van der Waals surface area contributed by atoms with Crippen LogP contribution in [0.1, 0.15) is 29.5 Å². The molecule has 4 rings (SSSR count). The van der Waals surface area contributed by atoms with Crippen molar-refractivity contribution in [3.63, 3.8) is 0 Å². The summed E-state index contributed by atoms with van der Waals surface area (Å²) in [6.07, 6.45) is 6.16. The highest BCUT2D eigenvalue weighted by Crippen LogP contribution is 2.24. The van der Waals surface area contributed by atoms with Gasteiger partial charge >= 0.3 is 0 Å². The van der Waals surface area contributed by atoms with Crippen molar-refractivity contribution in [3.05, 3.63) is 65.4 Å². The summed E-state index contributed by atoms with van der Waals surface area (Å²) in [6.45, 7) is 1.98. The Morgan fingerprint density at radius 3 is 2.62 bits per heavy atom. The largest absolute Gasteiger partial charge is 0.489 e. The second-order valence-corrected chi connectivity index (χ2v) is 7.12. The molecule has 156 valence electrons. The van der Waals surface area contributed by atoms with Gasteiger partial charge in [-0.15, -0.1) is 24.8 Å². The van der Waals surface area contributed by atoms with E-state index in [1.165, 1.54) is 11.1 Å². The van der Waals surface area contributed by atoms with E-state index in [0.717, 1.165) is 61.1 Å². The van der Waals surface area contributed by atoms with Crippen LogP contribution in [0.5, 0.6) is 5.75 Å². The summed E-state index contributed by atoms with van der Waals surface area (Å²) < 4.78 is 11.6. The minimum absolute atomic E-state index is 0. The maximum atomic E-state index is 7.61. The van der Waals surface area contributed by atoms with E-state index < -0.39 is 0 Å². The molecule has 1 atom stereocenters. The number of furan rings is 1. The van der Waals surface area contributed by atoms with Crippen molar-refractivity contribution in [2.75, 3.05) is 13.1 Å². The van der Waals surface area contributed by atoms with Crippen LogP contribution in [0.2, 0.25) is 0 Å². The monoisotopic (exact) mass is 435 g/mol. The maximum absolute atomic E-state index is 7.61. The lowest BCUT2D eigenvalue weighted by Gasteiger charge is -2.12. The number of ether oxygens (including phenoxy) is 1. The van der Waals surface area contributed by atoms with Crippen molar-refractivity contribution in [1.82, 2.24) is 5.32 Å². The fourth-order valence-corrected chi connectivity index (χ4v) is 3.58. The third-order valence-corrected chi connectivity index (χ3v) is 5.12. The first-order chi connectivity index (χ1) is 13.2. The summed E-state index contributed by atoms with van der Waals surface area (Å²) in [6, 6.07) is 14.1. The van der Waals surface area contributed by atoms with Crippen LogP contribution in [0.15, 0.2) is 53.1 Å². The topological polar surface area (TPSA) is 84.3 Å². The summed E-state index contributed by atoms with van der Waals surface area (Å²) in [7, 11) is 0. The zero-order chi connectivity index (χ0) is 18.6. The number of nitrogens with one attached hydrogen (secondary N) is 2. The molecule has 7 heteroatoms. The van der Waals surface area contributed by atoms with Gasteiger partial charge in [-0.05, 0) is 73.7 Å². The molecule has 0 bridgehead atoms. The van der Waals surface area contributed by atoms with E-state index in [0.29, 0.717) is 6.10 Å². The average Bonchev–Trinajstić information content (AvgIpc) is 3.33. The number of rotatable bonds is 7. The van der Waals surface area contributed by atoms with E-state index in [1.807, 2.05) is 24.5 Å². The molecule has 0 spiro atoms. The lowest BCUT2D eigenvalue weighted by Crippen LogP contribution is -2.19. The minimum atomic E-state index is 0. The van der Waals surface area contributed by atoms with Crippen molar-refractivity contribution >= 4 is 41.6 Å². The zero-order valence-electron chi connectivity index (χ0n) is 16.1. The van der Waals surface area contributed by atoms with Crippen molar-refractivity contribution in [2.45, 2.75) is 31.8 Å². The molecule has 2 aromatic carbocycles. The number of aryl methyl sites for hydroxylation is 2. The number of benzene rings is 2. The minimum Gasteiger partial charge on any atom is -0.489 e. The second kappa shape index (κ2) is 10.5. The normalized spacial score (nSPS) is 15.5. The van der Waals surface area contributed by atoms with Gasteiger partial charge in [0.1, 0.15) is 23.3 Å². The Bertz CT molecular complexity index is 935. The Morgan fingerprint density at radius 2 is 1.93 bits per heavy atom. The van der Waals surface area contributed by atoms with E-state index in [2.05, 4.69) is 29.6 Å². The molecule has 1 aromatic heterocycles. The van der Waals surface area contributed by atoms with Gasteiger partial charge in [0, 0.05) is 17.5 Å². The molecule has 29 heavy (non-hydrogen) atoms. The number of hydrogen-bond donors (Lipinski definition) is 3. The van der Waals surface area contributed by atoms with Crippen LogP contribution in [0, 0.1) is 5.41 Å². The van der Waals surface area contributed by atoms with Crippen LogP contribution in [-0.2, 0) is 12.8 Å². The van der Waals surface area contributed by atoms with E-state index in [4.69, 9.17) is 20.3 Å². The highest BCUT2D eigenvalue weighted by Gasteiger charge is 2.15. The third-order valence-electron chi connectivity index (χ3n) is 5.12. The van der Waals surface area contributed by atoms with Crippen molar-refractivity contribution < 1.29 is 9.15 Å². The van der Waals surface area contributed by atoms with Crippen molar-refractivity contribution in [3.8, 4) is 5.75 Å². The Labute approximate surface area is 183 Å². The highest BCUT2D eigenvalue weighted by atomic mass is 35.5. The molecule has 0 saturated carbocycles. The summed E-state index contributed by atoms with van der Waals surface area (Å²) in [5.41, 5.74) is 9.66. The summed E-state index contributed by atoms with van der Waals surface area (Å²) in [4.78, 5) is 0. The molecule has 2 heterocycles. The second-order valence-electron chi connectivity index (χ2n) is 7.12. The summed E-state index contributed by atoms with van der Waals surface area (Å²) >= 11 is 0. The highest BCUT2D eigenvalue weighted by molar-refractivity contribution is 5.98. The number of fused-ring (bicyclic) bond motifs is 1. The predicted octanol–water partition coefficient (Wildman–Crippen LogP) is 4.48. The average molecular weight is 436 g/mol. The first-order valence-electron chi connectivity index (χ1n) is 9.50. The van der Waals surface area contributed by atoms with Gasteiger partial charge in [0.2, 0.25) is 0 Å². The molecule has 4 N–H and O–H groups in total. The molecule has 0 amide bonds. The van der Waals surface area contributed by atoms with Gasteiger partial charge in [0.25, 0.3) is 0 Å². The van der Waals surface area contributed by atoms with Crippen molar-refractivity contribution in [2.24, 2.45) is 5.73 Å². The summed E-state index contributed by atoms with van der Waals surface area (Å²) in [5.74, 6) is 1.03. The van der Waals surface area contributed by atoms with Gasteiger partial charge in [-0.3, -0.25) is 5.41 Å². The molecule has 0 aliphatic carbocycles. The first kappa shape index (κ1) is 23.1. The lowest BCUT2D eigenvalue weighted by molar-refractivity contribution is 0.223. The van der Waals surface area contributed by atoms with Gasteiger partial charge < -0.3 is 20.2 Å². The molecule has 3 aromatic rings.